The summed E-state index contributed by atoms with van der Waals surface area (Å²) in [5.41, 5.74) is -4.70. The number of allylic oxidation sites excluding steroid dienone is 2. The molecule has 2 aliphatic rings. The van der Waals surface area contributed by atoms with E-state index in [1.807, 2.05) is 6.08 Å². The van der Waals surface area contributed by atoms with Gasteiger partial charge in [0.25, 0.3) is 0 Å². The van der Waals surface area contributed by atoms with Crippen molar-refractivity contribution in [3.05, 3.63) is 23.8 Å². The highest BCUT2D eigenvalue weighted by molar-refractivity contribution is 7.86. The molecular weight excluding hydrogens is 301 g/mol. The largest absolute Gasteiger partial charge is 0.522 e. The standard InChI is InChI=1S/C10H12O2.CHF3O3S/c11-9-5-1-3-7-8(9)4-2-6-10(7)12;2-1(3,4)8(5,6)7/h1,3,5,8-9,11H,2,4,6H2;(H,5,6,7). The molecule has 0 spiro atoms. The Labute approximate surface area is 113 Å². The van der Waals surface area contributed by atoms with Gasteiger partial charge in [-0.15, -0.1) is 0 Å². The molecule has 0 saturated heterocycles. The van der Waals surface area contributed by atoms with E-state index in [1.54, 1.807) is 12.2 Å². The first-order valence-electron chi connectivity index (χ1n) is 5.67. The summed E-state index contributed by atoms with van der Waals surface area (Å²) in [6.07, 6.45) is 7.47. The fourth-order valence-electron chi connectivity index (χ4n) is 1.97. The van der Waals surface area contributed by atoms with Gasteiger partial charge in [-0.3, -0.25) is 9.35 Å². The zero-order chi connectivity index (χ0) is 15.6. The van der Waals surface area contributed by atoms with Crippen LogP contribution in [0.15, 0.2) is 23.8 Å². The highest BCUT2D eigenvalue weighted by Gasteiger charge is 2.44. The van der Waals surface area contributed by atoms with Crippen LogP contribution in [0, 0.1) is 5.92 Å². The molecule has 1 saturated carbocycles. The Morgan fingerprint density at radius 1 is 1.30 bits per heavy atom. The van der Waals surface area contributed by atoms with E-state index in [0.717, 1.165) is 18.4 Å². The Kier molecular flexibility index (Phi) is 5.11. The Balaban J connectivity index is 0.000000221. The summed E-state index contributed by atoms with van der Waals surface area (Å²) in [6.45, 7) is 0. The summed E-state index contributed by atoms with van der Waals surface area (Å²) in [7, 11) is -5.84. The molecule has 0 bridgehead atoms. The predicted molar refractivity (Wildman–Crippen MR) is 63.2 cm³/mol. The van der Waals surface area contributed by atoms with Crippen LogP contribution in [-0.4, -0.2) is 35.5 Å². The van der Waals surface area contributed by atoms with Gasteiger partial charge in [-0.25, -0.2) is 0 Å². The summed E-state index contributed by atoms with van der Waals surface area (Å²) < 4.78 is 57.5. The van der Waals surface area contributed by atoms with Crippen molar-refractivity contribution in [2.45, 2.75) is 30.9 Å². The maximum atomic E-state index is 11.4. The van der Waals surface area contributed by atoms with Gasteiger partial charge >= 0.3 is 15.6 Å². The average Bonchev–Trinajstić information content (AvgIpc) is 2.29. The van der Waals surface area contributed by atoms with E-state index < -0.39 is 21.7 Å². The lowest BCUT2D eigenvalue weighted by atomic mass is 9.78. The quantitative estimate of drug-likeness (QED) is 0.523. The minimum Gasteiger partial charge on any atom is -0.388 e. The molecule has 2 aliphatic carbocycles. The summed E-state index contributed by atoms with van der Waals surface area (Å²) >= 11 is 0. The van der Waals surface area contributed by atoms with Crippen molar-refractivity contribution in [1.29, 1.82) is 0 Å². The number of ketones is 1. The van der Waals surface area contributed by atoms with Gasteiger partial charge in [-0.05, 0) is 12.8 Å². The highest BCUT2D eigenvalue weighted by Crippen LogP contribution is 2.32. The van der Waals surface area contributed by atoms with Crippen molar-refractivity contribution < 1.29 is 36.0 Å². The first kappa shape index (κ1) is 16.9. The predicted octanol–water partition coefficient (Wildman–Crippen LogP) is 1.61. The summed E-state index contributed by atoms with van der Waals surface area (Å²) in [4.78, 5) is 11.4. The number of hydrogen-bond acceptors (Lipinski definition) is 4. The van der Waals surface area contributed by atoms with Crippen molar-refractivity contribution in [1.82, 2.24) is 0 Å². The number of aliphatic hydroxyl groups is 1. The zero-order valence-corrected chi connectivity index (χ0v) is 11.0. The molecule has 9 heteroatoms. The summed E-state index contributed by atoms with van der Waals surface area (Å²) in [5, 5.41) is 9.54. The van der Waals surface area contributed by atoms with Crippen LogP contribution in [0.2, 0.25) is 0 Å². The second-order valence-electron chi connectivity index (χ2n) is 4.34. The number of hydrogen-bond donors (Lipinski definition) is 2. The molecule has 2 atom stereocenters. The number of carbonyl (C=O) groups is 1. The van der Waals surface area contributed by atoms with Gasteiger partial charge in [-0.1, -0.05) is 18.2 Å². The van der Waals surface area contributed by atoms with Crippen LogP contribution in [0.5, 0.6) is 0 Å². The van der Waals surface area contributed by atoms with E-state index in [-0.39, 0.29) is 11.7 Å². The first-order chi connectivity index (χ1) is 9.04. The van der Waals surface area contributed by atoms with Crippen molar-refractivity contribution in [2.24, 2.45) is 5.92 Å². The Morgan fingerprint density at radius 2 is 1.85 bits per heavy atom. The number of fused-ring (bicyclic) bond motifs is 1. The molecule has 2 rings (SSSR count). The number of alkyl halides is 3. The van der Waals surface area contributed by atoms with Crippen molar-refractivity contribution in [2.75, 3.05) is 0 Å². The fraction of sp³-hybridized carbons (Fsp3) is 0.545. The maximum Gasteiger partial charge on any atom is 0.522 e. The van der Waals surface area contributed by atoms with Gasteiger partial charge < -0.3 is 5.11 Å². The van der Waals surface area contributed by atoms with Crippen LogP contribution >= 0.6 is 0 Å². The third kappa shape index (κ3) is 4.15. The molecule has 20 heavy (non-hydrogen) atoms. The van der Waals surface area contributed by atoms with Crippen LogP contribution in [0.4, 0.5) is 13.2 Å². The van der Waals surface area contributed by atoms with Crippen LogP contribution in [0.3, 0.4) is 0 Å². The third-order valence-electron chi connectivity index (χ3n) is 2.93. The fourth-order valence-corrected chi connectivity index (χ4v) is 1.97. The topological polar surface area (TPSA) is 91.7 Å². The molecule has 0 radical (unpaired) electrons. The van der Waals surface area contributed by atoms with E-state index >= 15 is 0 Å². The first-order valence-corrected chi connectivity index (χ1v) is 7.11. The minimum atomic E-state index is -5.84. The number of rotatable bonds is 0. The van der Waals surface area contributed by atoms with Crippen LogP contribution in [-0.2, 0) is 14.9 Å². The van der Waals surface area contributed by atoms with E-state index in [1.165, 1.54) is 0 Å². The summed E-state index contributed by atoms with van der Waals surface area (Å²) in [5.74, 6) is 0.297. The molecule has 2 unspecified atom stereocenters. The second kappa shape index (κ2) is 6.06. The molecule has 0 amide bonds. The summed E-state index contributed by atoms with van der Waals surface area (Å²) in [6, 6.07) is 0. The second-order valence-corrected chi connectivity index (χ2v) is 5.75. The molecule has 0 aromatic rings. The third-order valence-corrected chi connectivity index (χ3v) is 3.51. The lowest BCUT2D eigenvalue weighted by Crippen LogP contribution is -2.29. The minimum absolute atomic E-state index is 0.0799. The average molecular weight is 314 g/mol. The van der Waals surface area contributed by atoms with Gasteiger partial charge in [-0.2, -0.15) is 21.6 Å². The van der Waals surface area contributed by atoms with E-state index in [0.29, 0.717) is 6.42 Å². The Morgan fingerprint density at radius 3 is 2.30 bits per heavy atom. The lowest BCUT2D eigenvalue weighted by Gasteiger charge is -2.28. The molecule has 114 valence electrons. The van der Waals surface area contributed by atoms with Crippen LogP contribution in [0.1, 0.15) is 19.3 Å². The monoisotopic (exact) mass is 314 g/mol. The molecule has 1 fully saturated rings. The van der Waals surface area contributed by atoms with Crippen molar-refractivity contribution in [3.8, 4) is 0 Å². The maximum absolute atomic E-state index is 11.4. The Hall–Kier alpha value is -1.19. The van der Waals surface area contributed by atoms with Gasteiger partial charge in [0.2, 0.25) is 0 Å². The molecule has 0 heterocycles. The zero-order valence-electron chi connectivity index (χ0n) is 10.2. The molecule has 0 aliphatic heterocycles. The van der Waals surface area contributed by atoms with E-state index in [9.17, 15) is 23.1 Å². The normalized spacial score (nSPS) is 26.2. The van der Waals surface area contributed by atoms with Gasteiger partial charge in [0.15, 0.2) is 5.78 Å². The van der Waals surface area contributed by atoms with Gasteiger partial charge in [0.05, 0.1) is 6.10 Å². The van der Waals surface area contributed by atoms with Gasteiger partial charge in [0.1, 0.15) is 0 Å². The number of Topliss-reactive ketones (excluding diaryl/α,β-unsaturated/α-hetero) is 1. The van der Waals surface area contributed by atoms with E-state index in [2.05, 4.69) is 0 Å². The molecular formula is C11H13F3O5S. The molecule has 5 nitrogen and oxygen atoms in total. The van der Waals surface area contributed by atoms with Crippen LogP contribution in [0.25, 0.3) is 0 Å². The number of carbonyl (C=O) groups excluding carboxylic acids is 1. The molecule has 2 N–H and O–H groups in total. The highest BCUT2D eigenvalue weighted by atomic mass is 32.2. The molecule has 0 aromatic carbocycles. The number of halogens is 3. The number of aliphatic hydroxyl groups excluding tert-OH is 1. The smallest absolute Gasteiger partial charge is 0.388 e. The van der Waals surface area contributed by atoms with Crippen molar-refractivity contribution >= 4 is 15.9 Å². The Bertz CT molecular complexity index is 533. The lowest BCUT2D eigenvalue weighted by molar-refractivity contribution is -0.117. The van der Waals surface area contributed by atoms with Crippen LogP contribution < -0.4 is 0 Å². The molecule has 0 aromatic heterocycles. The van der Waals surface area contributed by atoms with Crippen molar-refractivity contribution in [3.63, 3.8) is 0 Å². The van der Waals surface area contributed by atoms with Gasteiger partial charge in [0, 0.05) is 17.9 Å². The SMILES string of the molecule is O=C1CCCC2C1=CC=CC2O.O=S(=O)(O)C(F)(F)F. The van der Waals surface area contributed by atoms with E-state index in [4.69, 9.17) is 13.0 Å².